The molecular weight excluding hydrogens is 314 g/mol. The number of carbonyl (C=O) groups is 1. The zero-order valence-electron chi connectivity index (χ0n) is 12.2. The van der Waals surface area contributed by atoms with Crippen molar-refractivity contribution in [1.29, 1.82) is 0 Å². The Labute approximate surface area is 128 Å². The van der Waals surface area contributed by atoms with Gasteiger partial charge in [-0.15, -0.1) is 0 Å². The summed E-state index contributed by atoms with van der Waals surface area (Å²) in [6.45, 7) is 6.46. The van der Waals surface area contributed by atoms with Crippen LogP contribution in [0.2, 0.25) is 0 Å². The van der Waals surface area contributed by atoms with Gasteiger partial charge in [0.2, 0.25) is 0 Å². The van der Waals surface area contributed by atoms with Gasteiger partial charge in [0.1, 0.15) is 10.6 Å². The van der Waals surface area contributed by atoms with Gasteiger partial charge in [-0.05, 0) is 36.7 Å². The van der Waals surface area contributed by atoms with E-state index in [-0.39, 0.29) is 22.4 Å². The number of carboxylic acid groups (broad SMARTS) is 1. The minimum Gasteiger partial charge on any atom is -0.478 e. The minimum atomic E-state index is -3.75. The van der Waals surface area contributed by atoms with Crippen LogP contribution in [0.4, 0.5) is 5.00 Å². The zero-order chi connectivity index (χ0) is 15.8. The van der Waals surface area contributed by atoms with E-state index in [9.17, 15) is 13.2 Å². The third-order valence-corrected chi connectivity index (χ3v) is 5.90. The second-order valence-electron chi connectivity index (χ2n) is 5.65. The molecule has 2 atom stereocenters. The molecule has 0 spiro atoms. The van der Waals surface area contributed by atoms with Crippen molar-refractivity contribution in [3.8, 4) is 0 Å². The Morgan fingerprint density at radius 1 is 1.38 bits per heavy atom. The molecule has 2 rings (SSSR count). The largest absolute Gasteiger partial charge is 0.478 e. The summed E-state index contributed by atoms with van der Waals surface area (Å²) >= 11 is 0.849. The molecule has 0 amide bonds. The number of piperidine rings is 1. The quantitative estimate of drug-likeness (QED) is 0.875. The normalized spacial score (nSPS) is 24.0. The number of hydrogen-bond acceptors (Lipinski definition) is 5. The number of carboxylic acids is 1. The summed E-state index contributed by atoms with van der Waals surface area (Å²) in [6.07, 6.45) is 0.992. The highest BCUT2D eigenvalue weighted by Crippen LogP contribution is 2.28. The molecule has 7 nitrogen and oxygen atoms in total. The third kappa shape index (κ3) is 3.53. The lowest BCUT2D eigenvalue weighted by Crippen LogP contribution is -2.45. The second-order valence-corrected chi connectivity index (χ2v) is 8.09. The van der Waals surface area contributed by atoms with Crippen molar-refractivity contribution in [2.75, 3.05) is 17.8 Å². The van der Waals surface area contributed by atoms with Crippen LogP contribution in [0.15, 0.2) is 0 Å². The minimum absolute atomic E-state index is 0.0610. The summed E-state index contributed by atoms with van der Waals surface area (Å²) < 4.78 is 32.5. The highest BCUT2D eigenvalue weighted by molar-refractivity contribution is 7.90. The van der Waals surface area contributed by atoms with Crippen molar-refractivity contribution in [2.45, 2.75) is 27.2 Å². The highest BCUT2D eigenvalue weighted by Gasteiger charge is 2.32. The second kappa shape index (κ2) is 5.90. The molecule has 1 saturated heterocycles. The predicted molar refractivity (Wildman–Crippen MR) is 80.9 cm³/mol. The standard InChI is InChI=1S/C12H19N3O4S2/c1-7-4-8(2)6-15(5-7)21(18,19)14-11-10(12(16)17)9(3)13-20-11/h7-8,14H,4-6H2,1-3H3,(H,16,17). The van der Waals surface area contributed by atoms with Crippen molar-refractivity contribution in [3.63, 3.8) is 0 Å². The Morgan fingerprint density at radius 2 is 1.95 bits per heavy atom. The van der Waals surface area contributed by atoms with E-state index in [1.807, 2.05) is 13.8 Å². The summed E-state index contributed by atoms with van der Waals surface area (Å²) in [7, 11) is -3.75. The molecule has 0 radical (unpaired) electrons. The molecule has 9 heteroatoms. The van der Waals surface area contributed by atoms with E-state index >= 15 is 0 Å². The molecule has 2 N–H and O–H groups in total. The van der Waals surface area contributed by atoms with Gasteiger partial charge in [0.05, 0.1) is 5.69 Å². The predicted octanol–water partition coefficient (Wildman–Crippen LogP) is 1.78. The van der Waals surface area contributed by atoms with Gasteiger partial charge in [0.15, 0.2) is 0 Å². The van der Waals surface area contributed by atoms with Gasteiger partial charge in [0.25, 0.3) is 0 Å². The average Bonchev–Trinajstić information content (AvgIpc) is 2.68. The van der Waals surface area contributed by atoms with Gasteiger partial charge in [-0.2, -0.15) is 17.1 Å². The maximum Gasteiger partial charge on any atom is 0.340 e. The van der Waals surface area contributed by atoms with Gasteiger partial charge in [-0.25, -0.2) is 4.79 Å². The van der Waals surface area contributed by atoms with E-state index in [2.05, 4.69) is 9.10 Å². The summed E-state index contributed by atoms with van der Waals surface area (Å²) in [4.78, 5) is 11.2. The molecule has 21 heavy (non-hydrogen) atoms. The first kappa shape index (κ1) is 16.2. The fourth-order valence-corrected chi connectivity index (χ4v) is 5.15. The lowest BCUT2D eigenvalue weighted by molar-refractivity contribution is 0.0697. The number of aromatic carboxylic acids is 1. The van der Waals surface area contributed by atoms with Gasteiger partial charge in [-0.1, -0.05) is 13.8 Å². The van der Waals surface area contributed by atoms with Gasteiger partial charge < -0.3 is 5.11 Å². The van der Waals surface area contributed by atoms with Crippen LogP contribution in [0.1, 0.15) is 36.3 Å². The number of nitrogens with zero attached hydrogens (tertiary/aromatic N) is 2. The molecule has 0 bridgehead atoms. The Kier molecular flexibility index (Phi) is 4.54. The summed E-state index contributed by atoms with van der Waals surface area (Å²) in [5.41, 5.74) is 0.229. The molecule has 1 aliphatic heterocycles. The smallest absolute Gasteiger partial charge is 0.340 e. The maximum atomic E-state index is 12.4. The summed E-state index contributed by atoms with van der Waals surface area (Å²) in [6, 6.07) is 0. The van der Waals surface area contributed by atoms with Crippen molar-refractivity contribution in [2.24, 2.45) is 11.8 Å². The number of nitrogens with one attached hydrogen (secondary N) is 1. The van der Waals surface area contributed by atoms with Crippen LogP contribution < -0.4 is 4.72 Å². The number of hydrogen-bond donors (Lipinski definition) is 2. The Bertz CT molecular complexity index is 631. The third-order valence-electron chi connectivity index (χ3n) is 3.47. The molecule has 2 unspecified atom stereocenters. The number of anilines is 1. The van der Waals surface area contributed by atoms with Crippen LogP contribution in [-0.2, 0) is 10.2 Å². The molecule has 1 aliphatic rings. The average molecular weight is 333 g/mol. The van der Waals surface area contributed by atoms with E-state index in [0.717, 1.165) is 18.0 Å². The van der Waals surface area contributed by atoms with Crippen molar-refractivity contribution < 1.29 is 18.3 Å². The van der Waals surface area contributed by atoms with E-state index in [4.69, 9.17) is 5.11 Å². The molecule has 0 saturated carbocycles. The molecule has 1 aromatic rings. The van der Waals surface area contributed by atoms with Crippen LogP contribution in [0.3, 0.4) is 0 Å². The lowest BCUT2D eigenvalue weighted by Gasteiger charge is -2.33. The molecule has 2 heterocycles. The van der Waals surface area contributed by atoms with E-state index in [1.165, 1.54) is 4.31 Å². The van der Waals surface area contributed by atoms with Crippen LogP contribution in [-0.4, -0.2) is 41.3 Å². The van der Waals surface area contributed by atoms with E-state index in [0.29, 0.717) is 18.8 Å². The summed E-state index contributed by atoms with van der Waals surface area (Å²) in [5, 5.41) is 9.21. The van der Waals surface area contributed by atoms with Crippen LogP contribution in [0.25, 0.3) is 0 Å². The fourth-order valence-electron chi connectivity index (χ4n) is 2.67. The first-order valence-electron chi connectivity index (χ1n) is 6.68. The highest BCUT2D eigenvalue weighted by atomic mass is 32.2. The van der Waals surface area contributed by atoms with Crippen molar-refractivity contribution in [1.82, 2.24) is 8.68 Å². The van der Waals surface area contributed by atoms with Crippen LogP contribution in [0.5, 0.6) is 0 Å². The Hall–Kier alpha value is -1.19. The van der Waals surface area contributed by atoms with E-state index in [1.54, 1.807) is 6.92 Å². The first-order valence-corrected chi connectivity index (χ1v) is 8.89. The zero-order valence-corrected chi connectivity index (χ0v) is 13.8. The van der Waals surface area contributed by atoms with Crippen LogP contribution >= 0.6 is 11.5 Å². The Balaban J connectivity index is 2.24. The SMILES string of the molecule is Cc1nsc(NS(=O)(=O)N2CC(C)CC(C)C2)c1C(=O)O. The Morgan fingerprint density at radius 3 is 2.48 bits per heavy atom. The van der Waals surface area contributed by atoms with E-state index < -0.39 is 16.2 Å². The van der Waals surface area contributed by atoms with Crippen LogP contribution in [0, 0.1) is 18.8 Å². The number of aromatic nitrogens is 1. The number of aryl methyl sites for hydroxylation is 1. The molecule has 118 valence electrons. The molecule has 0 aliphatic carbocycles. The van der Waals surface area contributed by atoms with Crippen molar-refractivity contribution >= 4 is 32.7 Å². The van der Waals surface area contributed by atoms with Gasteiger partial charge in [-0.3, -0.25) is 4.72 Å². The number of rotatable bonds is 4. The van der Waals surface area contributed by atoms with Crippen molar-refractivity contribution in [3.05, 3.63) is 11.3 Å². The monoisotopic (exact) mass is 333 g/mol. The lowest BCUT2D eigenvalue weighted by atomic mass is 9.94. The maximum absolute atomic E-state index is 12.4. The van der Waals surface area contributed by atoms with Gasteiger partial charge in [0, 0.05) is 13.1 Å². The molecule has 1 fully saturated rings. The molecule has 0 aromatic carbocycles. The molecular formula is C12H19N3O4S2. The molecule has 1 aromatic heterocycles. The fraction of sp³-hybridized carbons (Fsp3) is 0.667. The topological polar surface area (TPSA) is 99.6 Å². The summed E-state index contributed by atoms with van der Waals surface area (Å²) in [5.74, 6) is -0.612. The first-order chi connectivity index (χ1) is 9.70. The van der Waals surface area contributed by atoms with Gasteiger partial charge >= 0.3 is 16.2 Å².